The van der Waals surface area contributed by atoms with Crippen LogP contribution in [0.25, 0.3) is 0 Å². The first kappa shape index (κ1) is 27.8. The number of hydrogen-bond donors (Lipinski definition) is 2. The molecule has 204 valence electrons. The van der Waals surface area contributed by atoms with E-state index >= 15 is 0 Å². The highest BCUT2D eigenvalue weighted by Crippen LogP contribution is 2.39. The molecule has 2 saturated heterocycles. The molecule has 1 amide bonds. The van der Waals surface area contributed by atoms with Gasteiger partial charge in [-0.05, 0) is 49.9 Å². The van der Waals surface area contributed by atoms with Crippen molar-refractivity contribution < 1.29 is 31.5 Å². The number of carbonyl (C=O) groups excluding carboxylic acids is 1. The summed E-state index contributed by atoms with van der Waals surface area (Å²) in [7, 11) is -3.71. The minimum Gasteiger partial charge on any atom is -0.376 e. The Morgan fingerprint density at radius 3 is 2.41 bits per heavy atom. The van der Waals surface area contributed by atoms with Crippen LogP contribution in [-0.2, 0) is 20.4 Å². The van der Waals surface area contributed by atoms with Gasteiger partial charge in [0.05, 0.1) is 11.6 Å². The Morgan fingerprint density at radius 2 is 1.81 bits per heavy atom. The topological polar surface area (TPSA) is 93.2 Å². The fourth-order valence-corrected chi connectivity index (χ4v) is 7.35. The summed E-state index contributed by atoms with van der Waals surface area (Å²) in [4.78, 5) is 16.5. The van der Waals surface area contributed by atoms with E-state index in [1.165, 1.54) is 28.6 Å². The van der Waals surface area contributed by atoms with Gasteiger partial charge in [0.2, 0.25) is 5.91 Å². The number of aliphatic hydroxyl groups is 1. The number of rotatable bonds is 6. The Hall–Kier alpha value is -2.19. The van der Waals surface area contributed by atoms with Crippen LogP contribution in [0.15, 0.2) is 46.0 Å². The highest BCUT2D eigenvalue weighted by molar-refractivity contribution is 7.91. The normalized spacial score (nSPS) is 23.5. The van der Waals surface area contributed by atoms with Gasteiger partial charge in [0.25, 0.3) is 10.0 Å². The zero-order valence-electron chi connectivity index (χ0n) is 20.8. The van der Waals surface area contributed by atoms with E-state index in [1.54, 1.807) is 17.5 Å². The first-order valence-electron chi connectivity index (χ1n) is 11.9. The third-order valence-corrected chi connectivity index (χ3v) is 10.5. The molecule has 0 bridgehead atoms. The summed E-state index contributed by atoms with van der Waals surface area (Å²) in [5.74, 6) is -0.122. The number of nitrogens with one attached hydrogen (secondary N) is 1. The van der Waals surface area contributed by atoms with Crippen LogP contribution in [0.4, 0.5) is 18.9 Å². The number of halogens is 3. The Bertz CT molecular complexity index is 1220. The average Bonchev–Trinajstić information content (AvgIpc) is 3.38. The molecular formula is C24H31F3N4O4S2. The molecule has 2 atom stereocenters. The van der Waals surface area contributed by atoms with Crippen molar-refractivity contribution in [3.63, 3.8) is 0 Å². The molecule has 1 aromatic carbocycles. The van der Waals surface area contributed by atoms with E-state index in [9.17, 15) is 31.5 Å². The third-order valence-electron chi connectivity index (χ3n) is 7.29. The smallest absolute Gasteiger partial charge is 0.376 e. The first-order valence-corrected chi connectivity index (χ1v) is 14.2. The monoisotopic (exact) mass is 560 g/mol. The van der Waals surface area contributed by atoms with Gasteiger partial charge in [-0.15, -0.1) is 11.3 Å². The van der Waals surface area contributed by atoms with E-state index in [-0.39, 0.29) is 34.8 Å². The number of hydrogen-bond acceptors (Lipinski definition) is 7. The maximum absolute atomic E-state index is 13.3. The van der Waals surface area contributed by atoms with E-state index in [4.69, 9.17) is 0 Å². The van der Waals surface area contributed by atoms with Crippen LogP contribution in [0, 0.1) is 0 Å². The number of sulfonamides is 1. The van der Waals surface area contributed by atoms with Crippen LogP contribution in [0.1, 0.15) is 26.3 Å². The molecule has 2 aliphatic heterocycles. The standard InChI is InChI=1S/C24H31F3N4O4S2/c1-22(2)21(32)28-10-11-29(22)15-19-16-30(37(34,35)20-5-4-14-36-20)12-13-31(19)18-8-6-17(7-9-18)23(3,33)24(25,26)27/h4-9,14,19,33H,10-13,15-16H2,1-3H3,(H,28,32)/t19-,23+/m0/s1. The quantitative estimate of drug-likeness (QED) is 0.565. The molecule has 2 fully saturated rings. The summed E-state index contributed by atoms with van der Waals surface area (Å²) in [5.41, 5.74) is -3.48. The summed E-state index contributed by atoms with van der Waals surface area (Å²) in [6.07, 6.45) is -4.83. The fraction of sp³-hybridized carbons (Fsp3) is 0.542. The minimum atomic E-state index is -4.83. The molecule has 3 heterocycles. The third kappa shape index (κ3) is 5.24. The predicted octanol–water partition coefficient (Wildman–Crippen LogP) is 2.61. The van der Waals surface area contributed by atoms with Gasteiger partial charge in [-0.1, -0.05) is 18.2 Å². The number of thiophene rings is 1. The van der Waals surface area contributed by atoms with Crippen molar-refractivity contribution in [2.24, 2.45) is 0 Å². The Morgan fingerprint density at radius 1 is 1.14 bits per heavy atom. The van der Waals surface area contributed by atoms with Gasteiger partial charge < -0.3 is 15.3 Å². The molecule has 0 radical (unpaired) electrons. The molecule has 2 aromatic rings. The van der Waals surface area contributed by atoms with E-state index in [1.807, 2.05) is 23.6 Å². The Labute approximate surface area is 218 Å². The van der Waals surface area contributed by atoms with Crippen molar-refractivity contribution in [1.82, 2.24) is 14.5 Å². The Kier molecular flexibility index (Phi) is 7.40. The largest absolute Gasteiger partial charge is 0.421 e. The number of piperazine rings is 2. The van der Waals surface area contributed by atoms with Gasteiger partial charge in [0.15, 0.2) is 5.60 Å². The van der Waals surface area contributed by atoms with Crippen LogP contribution in [0.2, 0.25) is 0 Å². The van der Waals surface area contributed by atoms with Gasteiger partial charge in [-0.25, -0.2) is 8.42 Å². The second kappa shape index (κ2) is 9.84. The van der Waals surface area contributed by atoms with Gasteiger partial charge in [-0.3, -0.25) is 9.69 Å². The average molecular weight is 561 g/mol. The van der Waals surface area contributed by atoms with Crippen LogP contribution >= 0.6 is 11.3 Å². The van der Waals surface area contributed by atoms with Crippen molar-refractivity contribution in [1.29, 1.82) is 0 Å². The molecule has 37 heavy (non-hydrogen) atoms. The number of alkyl halides is 3. The molecule has 0 spiro atoms. The van der Waals surface area contributed by atoms with Crippen LogP contribution in [0.3, 0.4) is 0 Å². The lowest BCUT2D eigenvalue weighted by Gasteiger charge is -2.48. The Balaban J connectivity index is 1.64. The second-order valence-electron chi connectivity index (χ2n) is 10.0. The lowest BCUT2D eigenvalue weighted by atomic mass is 9.94. The number of amides is 1. The first-order chi connectivity index (χ1) is 17.2. The highest BCUT2D eigenvalue weighted by Gasteiger charge is 2.51. The van der Waals surface area contributed by atoms with E-state index in [0.29, 0.717) is 38.8 Å². The maximum atomic E-state index is 13.3. The molecule has 2 N–H and O–H groups in total. The summed E-state index contributed by atoms with van der Waals surface area (Å²) in [6.45, 7) is 6.40. The van der Waals surface area contributed by atoms with Crippen molar-refractivity contribution in [2.75, 3.05) is 44.2 Å². The molecule has 2 aliphatic rings. The second-order valence-corrected chi connectivity index (χ2v) is 13.1. The number of benzene rings is 1. The molecule has 4 rings (SSSR count). The van der Waals surface area contributed by atoms with Crippen molar-refractivity contribution in [3.8, 4) is 0 Å². The summed E-state index contributed by atoms with van der Waals surface area (Å²) in [6, 6.07) is 8.38. The van der Waals surface area contributed by atoms with Gasteiger partial charge >= 0.3 is 6.18 Å². The SMILES string of the molecule is CC1(C)C(=O)NCCN1C[C@H]1CN(S(=O)(=O)c2cccs2)CCN1c1ccc([C@@](C)(O)C(F)(F)F)cc1. The lowest BCUT2D eigenvalue weighted by molar-refractivity contribution is -0.258. The van der Waals surface area contributed by atoms with Crippen molar-refractivity contribution in [3.05, 3.63) is 47.3 Å². The van der Waals surface area contributed by atoms with E-state index in [0.717, 1.165) is 11.3 Å². The van der Waals surface area contributed by atoms with Crippen LogP contribution in [0.5, 0.6) is 0 Å². The van der Waals surface area contributed by atoms with E-state index in [2.05, 4.69) is 5.32 Å². The van der Waals surface area contributed by atoms with Crippen molar-refractivity contribution >= 4 is 33.0 Å². The maximum Gasteiger partial charge on any atom is 0.421 e. The lowest BCUT2D eigenvalue weighted by Crippen LogP contribution is -2.66. The molecule has 0 unspecified atom stereocenters. The predicted molar refractivity (Wildman–Crippen MR) is 135 cm³/mol. The molecule has 8 nitrogen and oxygen atoms in total. The zero-order chi connectivity index (χ0) is 27.2. The molecule has 0 aliphatic carbocycles. The zero-order valence-corrected chi connectivity index (χ0v) is 22.5. The molecule has 13 heteroatoms. The van der Waals surface area contributed by atoms with Crippen molar-refractivity contribution in [2.45, 2.75) is 48.3 Å². The number of nitrogens with zero attached hydrogens (tertiary/aromatic N) is 3. The van der Waals surface area contributed by atoms with Crippen LogP contribution in [-0.4, -0.2) is 85.7 Å². The summed E-state index contributed by atoms with van der Waals surface area (Å²) < 4.78 is 68.1. The van der Waals surface area contributed by atoms with Gasteiger partial charge in [0, 0.05) is 45.0 Å². The number of anilines is 1. The van der Waals surface area contributed by atoms with E-state index < -0.39 is 27.3 Å². The highest BCUT2D eigenvalue weighted by atomic mass is 32.2. The molecule has 1 aromatic heterocycles. The minimum absolute atomic E-state index is 0.122. The summed E-state index contributed by atoms with van der Waals surface area (Å²) >= 11 is 1.14. The van der Waals surface area contributed by atoms with Gasteiger partial charge in [0.1, 0.15) is 4.21 Å². The van der Waals surface area contributed by atoms with Gasteiger partial charge in [-0.2, -0.15) is 17.5 Å². The summed E-state index contributed by atoms with van der Waals surface area (Å²) in [5, 5.41) is 14.6. The fourth-order valence-electron chi connectivity index (χ4n) is 4.74. The molecular weight excluding hydrogens is 529 g/mol. The number of carbonyl (C=O) groups is 1. The molecule has 0 saturated carbocycles. The van der Waals surface area contributed by atoms with Crippen LogP contribution < -0.4 is 10.2 Å².